The molecule has 21 heavy (non-hydrogen) atoms. The molecule has 4 heteroatoms. The van der Waals surface area contributed by atoms with Crippen LogP contribution in [0.2, 0.25) is 0 Å². The number of aromatic nitrogens is 1. The van der Waals surface area contributed by atoms with Crippen LogP contribution in [0, 0.1) is 13.8 Å². The fourth-order valence-electron chi connectivity index (χ4n) is 2.39. The van der Waals surface area contributed by atoms with Crippen LogP contribution in [-0.4, -0.2) is 15.6 Å². The minimum Gasteiger partial charge on any atom is -0.481 e. The zero-order valence-electron chi connectivity index (χ0n) is 12.5. The topological polar surface area (TPSA) is 59.3 Å². The summed E-state index contributed by atoms with van der Waals surface area (Å²) >= 11 is 0. The molecule has 1 heterocycles. The van der Waals surface area contributed by atoms with Gasteiger partial charge in [0.05, 0.1) is 12.1 Å². The summed E-state index contributed by atoms with van der Waals surface area (Å²) in [5.74, 6) is -0.992. The van der Waals surface area contributed by atoms with Crippen LogP contribution >= 0.6 is 0 Å². The molecule has 110 valence electrons. The fourth-order valence-corrected chi connectivity index (χ4v) is 2.39. The summed E-state index contributed by atoms with van der Waals surface area (Å²) in [4.78, 5) is 23.2. The molecule has 0 radical (unpaired) electrons. The van der Waals surface area contributed by atoms with Gasteiger partial charge in [0, 0.05) is 12.1 Å². The Balaban J connectivity index is 2.59. The van der Waals surface area contributed by atoms with Gasteiger partial charge in [0.25, 0.3) is 5.56 Å². The molecule has 1 N–H and O–H groups in total. The summed E-state index contributed by atoms with van der Waals surface area (Å²) < 4.78 is 1.63. The predicted octanol–water partition coefficient (Wildman–Crippen LogP) is 2.78. The van der Waals surface area contributed by atoms with Crippen molar-refractivity contribution in [1.82, 2.24) is 4.57 Å². The van der Waals surface area contributed by atoms with Gasteiger partial charge >= 0.3 is 5.97 Å². The molecule has 0 spiro atoms. The number of carboxylic acid groups (broad SMARTS) is 1. The molecule has 1 aromatic carbocycles. The molecule has 0 saturated carbocycles. The molecular weight excluding hydrogens is 266 g/mol. The Morgan fingerprint density at radius 1 is 1.14 bits per heavy atom. The molecule has 4 nitrogen and oxygen atoms in total. The molecule has 2 aromatic rings. The van der Waals surface area contributed by atoms with Crippen molar-refractivity contribution in [3.63, 3.8) is 0 Å². The van der Waals surface area contributed by atoms with Gasteiger partial charge in [-0.2, -0.15) is 0 Å². The normalized spacial score (nSPS) is 10.6. The standard InChI is InChI=1S/C17H19NO3/c1-4-18-15(13-6-5-11(2)12(3)9-13)8-7-14(17(18)21)10-16(19)20/h5-9H,4,10H2,1-3H3,(H,19,20). The van der Waals surface area contributed by atoms with Crippen LogP contribution in [0.1, 0.15) is 23.6 Å². The summed E-state index contributed by atoms with van der Waals surface area (Å²) in [6, 6.07) is 9.51. The lowest BCUT2D eigenvalue weighted by atomic mass is 10.0. The maximum Gasteiger partial charge on any atom is 0.308 e. The fraction of sp³-hybridized carbons (Fsp3) is 0.294. The number of pyridine rings is 1. The Labute approximate surface area is 123 Å². The number of carboxylic acids is 1. The monoisotopic (exact) mass is 285 g/mol. The van der Waals surface area contributed by atoms with Crippen molar-refractivity contribution >= 4 is 5.97 Å². The largest absolute Gasteiger partial charge is 0.481 e. The summed E-state index contributed by atoms with van der Waals surface area (Å²) in [5.41, 5.74) is 4.25. The Kier molecular flexibility index (Phi) is 4.26. The third-order valence-corrected chi connectivity index (χ3v) is 3.71. The second kappa shape index (κ2) is 5.95. The van der Waals surface area contributed by atoms with E-state index in [0.29, 0.717) is 12.1 Å². The van der Waals surface area contributed by atoms with E-state index in [2.05, 4.69) is 0 Å². The lowest BCUT2D eigenvalue weighted by Crippen LogP contribution is -2.25. The zero-order chi connectivity index (χ0) is 15.6. The Morgan fingerprint density at radius 2 is 1.86 bits per heavy atom. The highest BCUT2D eigenvalue weighted by Gasteiger charge is 2.12. The number of nitrogens with zero attached hydrogens (tertiary/aromatic N) is 1. The van der Waals surface area contributed by atoms with Crippen LogP contribution in [-0.2, 0) is 17.8 Å². The summed E-state index contributed by atoms with van der Waals surface area (Å²) in [6.07, 6.45) is -0.244. The predicted molar refractivity (Wildman–Crippen MR) is 82.6 cm³/mol. The van der Waals surface area contributed by atoms with Crippen molar-refractivity contribution in [2.75, 3.05) is 0 Å². The lowest BCUT2D eigenvalue weighted by Gasteiger charge is -2.14. The van der Waals surface area contributed by atoms with E-state index in [1.54, 1.807) is 10.6 Å². The molecule has 0 amide bonds. The molecule has 0 saturated heterocycles. The first-order valence-electron chi connectivity index (χ1n) is 6.96. The van der Waals surface area contributed by atoms with Gasteiger partial charge in [-0.15, -0.1) is 0 Å². The minimum atomic E-state index is -0.992. The number of benzene rings is 1. The van der Waals surface area contributed by atoms with Gasteiger partial charge in [0.2, 0.25) is 0 Å². The van der Waals surface area contributed by atoms with E-state index in [1.807, 2.05) is 45.0 Å². The summed E-state index contributed by atoms with van der Waals surface area (Å²) in [7, 11) is 0. The number of aryl methyl sites for hydroxylation is 2. The van der Waals surface area contributed by atoms with Crippen molar-refractivity contribution < 1.29 is 9.90 Å². The van der Waals surface area contributed by atoms with E-state index in [1.165, 1.54) is 5.56 Å². The van der Waals surface area contributed by atoms with Gasteiger partial charge in [-0.3, -0.25) is 9.59 Å². The average molecular weight is 285 g/mol. The van der Waals surface area contributed by atoms with Gasteiger partial charge < -0.3 is 9.67 Å². The number of hydrogen-bond donors (Lipinski definition) is 1. The van der Waals surface area contributed by atoms with Gasteiger partial charge in [-0.1, -0.05) is 18.2 Å². The Bertz CT molecular complexity index is 744. The molecule has 0 aliphatic rings. The maximum absolute atomic E-state index is 12.4. The molecule has 2 rings (SSSR count). The number of carbonyl (C=O) groups is 1. The van der Waals surface area contributed by atoms with Gasteiger partial charge in [0.15, 0.2) is 0 Å². The Morgan fingerprint density at radius 3 is 2.43 bits per heavy atom. The second-order valence-corrected chi connectivity index (χ2v) is 5.16. The summed E-state index contributed by atoms with van der Waals surface area (Å²) in [6.45, 7) is 6.47. The van der Waals surface area contributed by atoms with E-state index in [-0.39, 0.29) is 12.0 Å². The average Bonchev–Trinajstić information content (AvgIpc) is 2.43. The van der Waals surface area contributed by atoms with Crippen molar-refractivity contribution in [3.05, 3.63) is 57.4 Å². The van der Waals surface area contributed by atoms with E-state index in [9.17, 15) is 9.59 Å². The molecule has 0 fully saturated rings. The molecule has 0 aliphatic heterocycles. The number of aliphatic carboxylic acids is 1. The lowest BCUT2D eigenvalue weighted by molar-refractivity contribution is -0.136. The first-order valence-corrected chi connectivity index (χ1v) is 6.96. The summed E-state index contributed by atoms with van der Waals surface area (Å²) in [5, 5.41) is 8.86. The quantitative estimate of drug-likeness (QED) is 0.939. The Hall–Kier alpha value is -2.36. The molecule has 0 unspecified atom stereocenters. The van der Waals surface area contributed by atoms with Crippen LogP contribution in [0.15, 0.2) is 35.1 Å². The van der Waals surface area contributed by atoms with E-state index in [4.69, 9.17) is 5.11 Å². The van der Waals surface area contributed by atoms with Crippen LogP contribution in [0.5, 0.6) is 0 Å². The highest BCUT2D eigenvalue weighted by Crippen LogP contribution is 2.21. The van der Waals surface area contributed by atoms with E-state index in [0.717, 1.165) is 16.8 Å². The van der Waals surface area contributed by atoms with E-state index < -0.39 is 5.97 Å². The van der Waals surface area contributed by atoms with Gasteiger partial charge in [-0.25, -0.2) is 0 Å². The molecule has 0 aliphatic carbocycles. The molecule has 0 atom stereocenters. The molecular formula is C17H19NO3. The first kappa shape index (κ1) is 15.0. The minimum absolute atomic E-state index is 0.226. The smallest absolute Gasteiger partial charge is 0.308 e. The van der Waals surface area contributed by atoms with Crippen LogP contribution in [0.4, 0.5) is 0 Å². The third kappa shape index (κ3) is 3.05. The van der Waals surface area contributed by atoms with Gasteiger partial charge in [0.1, 0.15) is 0 Å². The van der Waals surface area contributed by atoms with Crippen molar-refractivity contribution in [2.45, 2.75) is 33.7 Å². The SMILES string of the molecule is CCn1c(-c2ccc(C)c(C)c2)ccc(CC(=O)O)c1=O. The molecule has 1 aromatic heterocycles. The highest BCUT2D eigenvalue weighted by molar-refractivity contribution is 5.70. The third-order valence-electron chi connectivity index (χ3n) is 3.71. The van der Waals surface area contributed by atoms with Crippen LogP contribution < -0.4 is 5.56 Å². The number of rotatable bonds is 4. The van der Waals surface area contributed by atoms with Crippen molar-refractivity contribution in [2.24, 2.45) is 0 Å². The van der Waals surface area contributed by atoms with Crippen LogP contribution in [0.25, 0.3) is 11.3 Å². The zero-order valence-corrected chi connectivity index (χ0v) is 12.5. The number of hydrogen-bond acceptors (Lipinski definition) is 2. The van der Waals surface area contributed by atoms with Crippen LogP contribution in [0.3, 0.4) is 0 Å². The van der Waals surface area contributed by atoms with Gasteiger partial charge in [-0.05, 0) is 49.6 Å². The van der Waals surface area contributed by atoms with Crippen molar-refractivity contribution in [1.29, 1.82) is 0 Å². The maximum atomic E-state index is 12.4. The van der Waals surface area contributed by atoms with Crippen molar-refractivity contribution in [3.8, 4) is 11.3 Å². The highest BCUT2D eigenvalue weighted by atomic mass is 16.4. The van der Waals surface area contributed by atoms with E-state index >= 15 is 0 Å². The molecule has 0 bridgehead atoms. The second-order valence-electron chi connectivity index (χ2n) is 5.16. The first-order chi connectivity index (χ1) is 9.93.